The lowest BCUT2D eigenvalue weighted by molar-refractivity contribution is 0.0989. The van der Waals surface area contributed by atoms with E-state index in [0.717, 1.165) is 22.1 Å². The average Bonchev–Trinajstić information content (AvgIpc) is 3.39. The fraction of sp³-hybridized carbons (Fsp3) is 0.125. The smallest absolute Gasteiger partial charge is 0.197 e. The molecule has 0 amide bonds. The summed E-state index contributed by atoms with van der Waals surface area (Å²) < 4.78 is 0. The van der Waals surface area contributed by atoms with E-state index in [0.29, 0.717) is 16.1 Å². The Kier molecular flexibility index (Phi) is 4.27. The number of benzene rings is 2. The average molecular weight is 433 g/mol. The van der Waals surface area contributed by atoms with Gasteiger partial charge in [-0.05, 0) is 35.9 Å². The lowest BCUT2D eigenvalue weighted by Crippen LogP contribution is -2.22. The van der Waals surface area contributed by atoms with E-state index < -0.39 is 0 Å². The van der Waals surface area contributed by atoms with Gasteiger partial charge in [-0.3, -0.25) is 14.5 Å². The van der Waals surface area contributed by atoms with E-state index in [1.54, 1.807) is 36.5 Å². The zero-order valence-electron chi connectivity index (χ0n) is 16.3. The molecule has 2 aliphatic rings. The number of hydrogen-bond donors (Lipinski definition) is 0. The van der Waals surface area contributed by atoms with Gasteiger partial charge in [0.05, 0.1) is 11.3 Å². The number of rotatable bonds is 2. The molecule has 0 atom stereocenters. The summed E-state index contributed by atoms with van der Waals surface area (Å²) in [7, 11) is 0. The molecule has 1 aromatic heterocycles. The first-order chi connectivity index (χ1) is 14.4. The van der Waals surface area contributed by atoms with Gasteiger partial charge in [-0.2, -0.15) is 0 Å². The van der Waals surface area contributed by atoms with Crippen LogP contribution in [-0.4, -0.2) is 16.6 Å². The van der Waals surface area contributed by atoms with E-state index in [1.165, 1.54) is 11.3 Å². The van der Waals surface area contributed by atoms with E-state index in [9.17, 15) is 9.59 Å². The number of hydrogen-bond acceptors (Lipinski definition) is 5. The number of ketones is 2. The molecule has 0 N–H and O–H groups in total. The molecule has 0 radical (unpaired) electrons. The zero-order chi connectivity index (χ0) is 21.0. The van der Waals surface area contributed by atoms with Crippen LogP contribution in [0.15, 0.2) is 77.5 Å². The monoisotopic (exact) mass is 432 g/mol. The van der Waals surface area contributed by atoms with Gasteiger partial charge < -0.3 is 0 Å². The lowest BCUT2D eigenvalue weighted by atomic mass is 9.83. The van der Waals surface area contributed by atoms with Crippen molar-refractivity contribution in [3.05, 3.63) is 99.2 Å². The number of allylic oxidation sites excluding steroid dienone is 4. The van der Waals surface area contributed by atoms with Gasteiger partial charge in [0.1, 0.15) is 0 Å². The van der Waals surface area contributed by atoms with Crippen LogP contribution in [0.1, 0.15) is 40.1 Å². The number of nitrogens with zero attached hydrogens (tertiary/aromatic N) is 2. The number of carbonyl (C=O) groups is 2. The molecule has 1 aliphatic heterocycles. The molecule has 0 unspecified atom stereocenters. The molecule has 0 saturated heterocycles. The first-order valence-corrected chi connectivity index (χ1v) is 10.8. The van der Waals surface area contributed by atoms with Crippen LogP contribution in [-0.2, 0) is 5.41 Å². The molecule has 148 valence electrons. The molecule has 4 nitrogen and oxygen atoms in total. The highest BCUT2D eigenvalue weighted by Crippen LogP contribution is 2.52. The topological polar surface area (TPSA) is 50.3 Å². The molecule has 0 saturated carbocycles. The quantitative estimate of drug-likeness (QED) is 0.362. The second-order valence-corrected chi connectivity index (χ2v) is 9.08. The maximum atomic E-state index is 12.8. The normalized spacial score (nSPS) is 18.2. The van der Waals surface area contributed by atoms with Crippen molar-refractivity contribution in [2.45, 2.75) is 19.3 Å². The Morgan fingerprint density at radius 1 is 1.03 bits per heavy atom. The van der Waals surface area contributed by atoms with E-state index in [4.69, 9.17) is 11.6 Å². The molecular formula is C24H17ClN2O2S. The van der Waals surface area contributed by atoms with E-state index in [1.807, 2.05) is 29.7 Å². The summed E-state index contributed by atoms with van der Waals surface area (Å²) in [4.78, 5) is 32.1. The summed E-state index contributed by atoms with van der Waals surface area (Å²) in [6, 6.07) is 12.8. The van der Waals surface area contributed by atoms with E-state index in [-0.39, 0.29) is 22.6 Å². The molecule has 2 aromatic carbocycles. The summed E-state index contributed by atoms with van der Waals surface area (Å²) in [5.41, 5.74) is 3.72. The molecule has 3 aromatic rings. The Hall–Kier alpha value is -3.02. The summed E-state index contributed by atoms with van der Waals surface area (Å²) in [5.74, 6) is -0.464. The predicted molar refractivity (Wildman–Crippen MR) is 120 cm³/mol. The Morgan fingerprint density at radius 2 is 1.73 bits per heavy atom. The fourth-order valence-electron chi connectivity index (χ4n) is 4.15. The Balaban J connectivity index is 1.66. The van der Waals surface area contributed by atoms with Crippen molar-refractivity contribution in [2.75, 3.05) is 4.90 Å². The number of halogens is 1. The molecule has 30 heavy (non-hydrogen) atoms. The third-order valence-corrected chi connectivity index (χ3v) is 6.67. The maximum Gasteiger partial charge on any atom is 0.197 e. The van der Waals surface area contributed by atoms with Crippen molar-refractivity contribution in [1.82, 2.24) is 4.98 Å². The Labute approximate surface area is 183 Å². The first-order valence-electron chi connectivity index (χ1n) is 9.50. The molecule has 0 spiro atoms. The van der Waals surface area contributed by atoms with Crippen LogP contribution in [0.5, 0.6) is 0 Å². The molecule has 6 heteroatoms. The summed E-state index contributed by atoms with van der Waals surface area (Å²) in [5, 5.41) is 3.41. The van der Waals surface area contributed by atoms with Crippen molar-refractivity contribution >= 4 is 45.3 Å². The number of thiazole rings is 1. The first kappa shape index (κ1) is 19.0. The highest BCUT2D eigenvalue weighted by Gasteiger charge is 2.42. The molecule has 0 fully saturated rings. The van der Waals surface area contributed by atoms with Crippen LogP contribution < -0.4 is 4.90 Å². The van der Waals surface area contributed by atoms with Gasteiger partial charge in [0.2, 0.25) is 0 Å². The largest absolute Gasteiger partial charge is 0.289 e. The molecule has 2 heterocycles. The lowest BCUT2D eigenvalue weighted by Gasteiger charge is -2.25. The van der Waals surface area contributed by atoms with Crippen LogP contribution in [0.3, 0.4) is 0 Å². The van der Waals surface area contributed by atoms with Gasteiger partial charge in [-0.15, -0.1) is 11.3 Å². The number of carbonyl (C=O) groups excluding carboxylic acids is 2. The van der Waals surface area contributed by atoms with Crippen molar-refractivity contribution in [2.24, 2.45) is 0 Å². The minimum absolute atomic E-state index is 0.188. The van der Waals surface area contributed by atoms with Crippen LogP contribution >= 0.6 is 22.9 Å². The molecular weight excluding hydrogens is 416 g/mol. The second-order valence-electron chi connectivity index (χ2n) is 7.77. The van der Waals surface area contributed by atoms with Crippen molar-refractivity contribution in [1.29, 1.82) is 0 Å². The second kappa shape index (κ2) is 6.76. The van der Waals surface area contributed by atoms with Gasteiger partial charge in [0.25, 0.3) is 0 Å². The predicted octanol–water partition coefficient (Wildman–Crippen LogP) is 6.12. The number of Topliss-reactive ketones (excluding diaryl/α,β-unsaturated/α-hetero) is 2. The van der Waals surface area contributed by atoms with Gasteiger partial charge in [0.15, 0.2) is 16.7 Å². The van der Waals surface area contributed by atoms with E-state index in [2.05, 4.69) is 23.7 Å². The van der Waals surface area contributed by atoms with Gasteiger partial charge in [-0.1, -0.05) is 49.7 Å². The van der Waals surface area contributed by atoms with Crippen LogP contribution in [0.25, 0.3) is 0 Å². The summed E-state index contributed by atoms with van der Waals surface area (Å²) in [6.07, 6.45) is 5.28. The minimum atomic E-state index is -0.388. The summed E-state index contributed by atoms with van der Waals surface area (Å²) in [6.45, 7) is 4.21. The fourth-order valence-corrected chi connectivity index (χ4v) is 4.99. The zero-order valence-corrected chi connectivity index (χ0v) is 17.9. The highest BCUT2D eigenvalue weighted by atomic mass is 35.5. The SMILES string of the molecule is CC1(C)/C(=C\C=C2C(=O)c3ccccc3C2=O)N(c2nccs2)c2ccc(Cl)cc21. The Morgan fingerprint density at radius 3 is 2.37 bits per heavy atom. The van der Waals surface area contributed by atoms with Gasteiger partial charge >= 0.3 is 0 Å². The number of fused-ring (bicyclic) bond motifs is 2. The summed E-state index contributed by atoms with van der Waals surface area (Å²) >= 11 is 7.82. The molecule has 0 bridgehead atoms. The highest BCUT2D eigenvalue weighted by molar-refractivity contribution is 7.13. The van der Waals surface area contributed by atoms with Crippen molar-refractivity contribution in [3.63, 3.8) is 0 Å². The van der Waals surface area contributed by atoms with Crippen molar-refractivity contribution < 1.29 is 9.59 Å². The number of anilines is 2. The third kappa shape index (κ3) is 2.70. The molecule has 5 rings (SSSR count). The standard InChI is InChI=1S/C24H17ClN2O2S/c1-24(2)18-13-14(25)7-9-19(18)27(23-26-11-12-30-23)20(24)10-8-17-21(28)15-5-3-4-6-16(15)22(17)29/h3-13H,1-2H3/b20-10+. The minimum Gasteiger partial charge on any atom is -0.289 e. The van der Waals surface area contributed by atoms with Crippen LogP contribution in [0, 0.1) is 0 Å². The van der Waals surface area contributed by atoms with Gasteiger partial charge in [0, 0.05) is 38.8 Å². The van der Waals surface area contributed by atoms with Gasteiger partial charge in [-0.25, -0.2) is 4.98 Å². The van der Waals surface area contributed by atoms with E-state index >= 15 is 0 Å². The van der Waals surface area contributed by atoms with Crippen LogP contribution in [0.4, 0.5) is 10.8 Å². The molecule has 1 aliphatic carbocycles. The third-order valence-electron chi connectivity index (χ3n) is 5.68. The van der Waals surface area contributed by atoms with Crippen LogP contribution in [0.2, 0.25) is 5.02 Å². The maximum absolute atomic E-state index is 12.8. The Bertz CT molecular complexity index is 1240. The number of aromatic nitrogens is 1. The van der Waals surface area contributed by atoms with Crippen molar-refractivity contribution in [3.8, 4) is 0 Å².